The maximum absolute atomic E-state index is 12.5. The van der Waals surface area contributed by atoms with E-state index in [0.717, 1.165) is 5.69 Å². The molecule has 2 aliphatic heterocycles. The van der Waals surface area contributed by atoms with Gasteiger partial charge in [0.1, 0.15) is 12.2 Å². The van der Waals surface area contributed by atoms with E-state index in [1.165, 1.54) is 12.6 Å². The van der Waals surface area contributed by atoms with Crippen LogP contribution in [-0.2, 0) is 9.53 Å². The number of rotatable bonds is 2. The number of morpholine rings is 1. The SMILES string of the molecule is C[C@@]12CN(C(=O)c3cnco3)CC[C@H]1N(c1ccccc1)C(=O)CO2. The van der Waals surface area contributed by atoms with E-state index in [-0.39, 0.29) is 30.2 Å². The zero-order chi connectivity index (χ0) is 17.4. The number of carbonyl (C=O) groups is 2. The quantitative estimate of drug-likeness (QED) is 0.831. The number of hydrogen-bond donors (Lipinski definition) is 0. The molecular formula is C18H19N3O4. The molecule has 1 aromatic carbocycles. The Hall–Kier alpha value is -2.67. The van der Waals surface area contributed by atoms with Crippen molar-refractivity contribution in [3.05, 3.63) is 48.7 Å². The predicted molar refractivity (Wildman–Crippen MR) is 89.1 cm³/mol. The third kappa shape index (κ3) is 2.70. The Morgan fingerprint density at radius 3 is 2.84 bits per heavy atom. The Balaban J connectivity index is 1.60. The van der Waals surface area contributed by atoms with Crippen LogP contribution < -0.4 is 4.90 Å². The number of carbonyl (C=O) groups excluding carboxylic acids is 2. The lowest BCUT2D eigenvalue weighted by atomic mass is 9.85. The van der Waals surface area contributed by atoms with Crippen LogP contribution in [0.1, 0.15) is 23.9 Å². The first-order valence-corrected chi connectivity index (χ1v) is 8.27. The first-order chi connectivity index (χ1) is 12.1. The molecule has 2 aliphatic rings. The summed E-state index contributed by atoms with van der Waals surface area (Å²) in [6, 6.07) is 9.49. The van der Waals surface area contributed by atoms with Crippen LogP contribution in [0.5, 0.6) is 0 Å². The van der Waals surface area contributed by atoms with Crippen molar-refractivity contribution >= 4 is 17.5 Å². The van der Waals surface area contributed by atoms with Crippen LogP contribution in [-0.4, -0.2) is 53.0 Å². The van der Waals surface area contributed by atoms with Crippen LogP contribution >= 0.6 is 0 Å². The van der Waals surface area contributed by atoms with Crippen molar-refractivity contribution in [1.29, 1.82) is 0 Å². The van der Waals surface area contributed by atoms with Crippen molar-refractivity contribution in [1.82, 2.24) is 9.88 Å². The van der Waals surface area contributed by atoms with E-state index in [9.17, 15) is 9.59 Å². The number of piperidine rings is 1. The highest BCUT2D eigenvalue weighted by Gasteiger charge is 2.50. The zero-order valence-electron chi connectivity index (χ0n) is 13.9. The van der Waals surface area contributed by atoms with Crippen LogP contribution in [0.4, 0.5) is 5.69 Å². The second kappa shape index (κ2) is 6.00. The molecule has 0 spiro atoms. The average Bonchev–Trinajstić information content (AvgIpc) is 3.16. The summed E-state index contributed by atoms with van der Waals surface area (Å²) in [6.45, 7) is 2.89. The van der Waals surface area contributed by atoms with Gasteiger partial charge in [0.15, 0.2) is 6.39 Å². The summed E-state index contributed by atoms with van der Waals surface area (Å²) in [4.78, 5) is 32.4. The van der Waals surface area contributed by atoms with Gasteiger partial charge in [0.2, 0.25) is 5.76 Å². The molecule has 0 radical (unpaired) electrons. The highest BCUT2D eigenvalue weighted by molar-refractivity contribution is 5.96. The fraction of sp³-hybridized carbons (Fsp3) is 0.389. The molecule has 2 aromatic rings. The number of hydrogen-bond acceptors (Lipinski definition) is 5. The number of anilines is 1. The van der Waals surface area contributed by atoms with Crippen molar-refractivity contribution in [2.45, 2.75) is 25.0 Å². The van der Waals surface area contributed by atoms with E-state index < -0.39 is 5.60 Å². The Bertz CT molecular complexity index is 777. The van der Waals surface area contributed by atoms with Crippen LogP contribution in [0, 0.1) is 0 Å². The van der Waals surface area contributed by atoms with E-state index in [0.29, 0.717) is 19.5 Å². The number of nitrogens with zero attached hydrogens (tertiary/aromatic N) is 3. The van der Waals surface area contributed by atoms with Crippen LogP contribution in [0.15, 0.2) is 47.3 Å². The molecule has 25 heavy (non-hydrogen) atoms. The molecule has 0 bridgehead atoms. The van der Waals surface area contributed by atoms with Gasteiger partial charge in [-0.3, -0.25) is 9.59 Å². The highest BCUT2D eigenvalue weighted by Crippen LogP contribution is 2.36. The van der Waals surface area contributed by atoms with Crippen molar-refractivity contribution < 1.29 is 18.7 Å². The molecule has 2 saturated heterocycles. The van der Waals surface area contributed by atoms with Crippen LogP contribution in [0.2, 0.25) is 0 Å². The van der Waals surface area contributed by atoms with Gasteiger partial charge in [-0.25, -0.2) is 4.98 Å². The van der Waals surface area contributed by atoms with Crippen molar-refractivity contribution in [2.24, 2.45) is 0 Å². The Kier molecular flexibility index (Phi) is 3.80. The summed E-state index contributed by atoms with van der Waals surface area (Å²) < 4.78 is 11.0. The minimum atomic E-state index is -0.627. The summed E-state index contributed by atoms with van der Waals surface area (Å²) in [5.74, 6) is -0.0403. The first kappa shape index (κ1) is 15.8. The number of aromatic nitrogens is 1. The van der Waals surface area contributed by atoms with E-state index in [1.807, 2.05) is 42.2 Å². The largest absolute Gasteiger partial charge is 0.438 e. The van der Waals surface area contributed by atoms with E-state index in [4.69, 9.17) is 9.15 Å². The molecule has 0 saturated carbocycles. The molecule has 7 heteroatoms. The van der Waals surface area contributed by atoms with E-state index >= 15 is 0 Å². The van der Waals surface area contributed by atoms with Gasteiger partial charge in [-0.1, -0.05) is 18.2 Å². The second-order valence-electron chi connectivity index (χ2n) is 6.60. The monoisotopic (exact) mass is 341 g/mol. The minimum Gasteiger partial charge on any atom is -0.438 e. The van der Waals surface area contributed by atoms with Crippen LogP contribution in [0.25, 0.3) is 0 Å². The number of amides is 2. The fourth-order valence-corrected chi connectivity index (χ4v) is 3.72. The number of benzene rings is 1. The fourth-order valence-electron chi connectivity index (χ4n) is 3.72. The Labute approximate surface area is 145 Å². The molecule has 2 fully saturated rings. The predicted octanol–water partition coefficient (Wildman–Crippen LogP) is 1.71. The first-order valence-electron chi connectivity index (χ1n) is 8.27. The summed E-state index contributed by atoms with van der Waals surface area (Å²) >= 11 is 0. The van der Waals surface area contributed by atoms with E-state index in [2.05, 4.69) is 4.98 Å². The molecular weight excluding hydrogens is 322 g/mol. The molecule has 4 rings (SSSR count). The maximum atomic E-state index is 12.5. The molecule has 1 aromatic heterocycles. The summed E-state index contributed by atoms with van der Waals surface area (Å²) in [5, 5.41) is 0. The van der Waals surface area contributed by atoms with Crippen LogP contribution in [0.3, 0.4) is 0 Å². The third-order valence-corrected chi connectivity index (χ3v) is 4.95. The van der Waals surface area contributed by atoms with Gasteiger partial charge in [0.05, 0.1) is 18.8 Å². The minimum absolute atomic E-state index is 0.00618. The number of para-hydroxylation sites is 1. The van der Waals surface area contributed by atoms with Gasteiger partial charge in [0.25, 0.3) is 11.8 Å². The maximum Gasteiger partial charge on any atom is 0.291 e. The Morgan fingerprint density at radius 2 is 2.12 bits per heavy atom. The standard InChI is InChI=1S/C18H19N3O4/c1-18-11-20(17(23)14-9-19-12-24-14)8-7-15(18)21(16(22)10-25-18)13-5-3-2-4-6-13/h2-6,9,12,15H,7-8,10-11H2,1H3/t15-,18-/m1/s1. The number of likely N-dealkylation sites (tertiary alicyclic amines) is 1. The van der Waals surface area contributed by atoms with Gasteiger partial charge in [-0.15, -0.1) is 0 Å². The molecule has 0 aliphatic carbocycles. The van der Waals surface area contributed by atoms with Gasteiger partial charge >= 0.3 is 0 Å². The van der Waals surface area contributed by atoms with Crippen molar-refractivity contribution in [3.63, 3.8) is 0 Å². The van der Waals surface area contributed by atoms with Gasteiger partial charge in [-0.2, -0.15) is 0 Å². The average molecular weight is 341 g/mol. The molecule has 130 valence electrons. The lowest BCUT2D eigenvalue weighted by Gasteiger charge is -2.52. The topological polar surface area (TPSA) is 75.9 Å². The zero-order valence-corrected chi connectivity index (χ0v) is 13.9. The van der Waals surface area contributed by atoms with Crippen molar-refractivity contribution in [2.75, 3.05) is 24.6 Å². The number of ether oxygens (including phenoxy) is 1. The van der Waals surface area contributed by atoms with Gasteiger partial charge in [-0.05, 0) is 25.5 Å². The number of oxazole rings is 1. The molecule has 7 nitrogen and oxygen atoms in total. The number of fused-ring (bicyclic) bond motifs is 1. The van der Waals surface area contributed by atoms with E-state index in [1.54, 1.807) is 4.90 Å². The van der Waals surface area contributed by atoms with Gasteiger partial charge in [0, 0.05) is 12.2 Å². The normalized spacial score (nSPS) is 26.4. The van der Waals surface area contributed by atoms with Gasteiger partial charge < -0.3 is 19.0 Å². The summed E-state index contributed by atoms with van der Waals surface area (Å²) in [5.41, 5.74) is 0.236. The highest BCUT2D eigenvalue weighted by atomic mass is 16.5. The summed E-state index contributed by atoms with van der Waals surface area (Å²) in [7, 11) is 0. The molecule has 2 atom stereocenters. The lowest BCUT2D eigenvalue weighted by molar-refractivity contribution is -0.149. The lowest BCUT2D eigenvalue weighted by Crippen LogP contribution is -2.68. The molecule has 0 unspecified atom stereocenters. The molecule has 3 heterocycles. The smallest absolute Gasteiger partial charge is 0.291 e. The van der Waals surface area contributed by atoms with Crippen molar-refractivity contribution in [3.8, 4) is 0 Å². The molecule has 0 N–H and O–H groups in total. The summed E-state index contributed by atoms with van der Waals surface area (Å²) in [6.07, 6.45) is 3.30. The Morgan fingerprint density at radius 1 is 1.32 bits per heavy atom. The second-order valence-corrected chi connectivity index (χ2v) is 6.60. The third-order valence-electron chi connectivity index (χ3n) is 4.95. The molecule has 2 amide bonds.